The molecule has 1 aromatic heterocycles. The quantitative estimate of drug-likeness (QED) is 0.0753. The molecule has 258 valence electrons. The molecule has 1 amide bonds. The van der Waals surface area contributed by atoms with Crippen LogP contribution in [0.5, 0.6) is 0 Å². The van der Waals surface area contributed by atoms with Gasteiger partial charge in [-0.1, -0.05) is 87.0 Å². The van der Waals surface area contributed by atoms with Gasteiger partial charge in [-0.3, -0.25) is 14.4 Å². The summed E-state index contributed by atoms with van der Waals surface area (Å²) in [7, 11) is 0. The van der Waals surface area contributed by atoms with Gasteiger partial charge in [0.1, 0.15) is 23.2 Å². The molecule has 0 saturated carbocycles. The van der Waals surface area contributed by atoms with Crippen molar-refractivity contribution in [1.29, 1.82) is 0 Å². The van der Waals surface area contributed by atoms with E-state index in [9.17, 15) is 44.4 Å². The number of carbonyl (C=O) groups is 5. The van der Waals surface area contributed by atoms with Crippen molar-refractivity contribution in [3.63, 3.8) is 0 Å². The van der Waals surface area contributed by atoms with E-state index in [1.54, 1.807) is 31.2 Å². The zero-order chi connectivity index (χ0) is 34.8. The summed E-state index contributed by atoms with van der Waals surface area (Å²) in [5.41, 5.74) is -0.752. The van der Waals surface area contributed by atoms with Gasteiger partial charge in [0.25, 0.3) is 0 Å². The fourth-order valence-electron chi connectivity index (χ4n) is 5.22. The summed E-state index contributed by atoms with van der Waals surface area (Å²) in [5.74, 6) is -7.76. The molecule has 1 heterocycles. The van der Waals surface area contributed by atoms with Gasteiger partial charge in [0.15, 0.2) is 5.60 Å². The number of Topliss-reactive ketones (excluding diaryl/α,β-unsaturated/α-hetero) is 1. The number of rotatable bonds is 24. The Morgan fingerprint density at radius 3 is 2.04 bits per heavy atom. The minimum atomic E-state index is -3.03. The fourth-order valence-corrected chi connectivity index (χ4v) is 5.22. The summed E-state index contributed by atoms with van der Waals surface area (Å²) >= 11 is 0. The van der Waals surface area contributed by atoms with Crippen LogP contribution < -0.4 is 5.32 Å². The molecule has 0 bridgehead atoms. The number of ketones is 1. The Bertz CT molecular complexity index is 1350. The van der Waals surface area contributed by atoms with E-state index in [-0.39, 0.29) is 12.2 Å². The van der Waals surface area contributed by atoms with Gasteiger partial charge in [0, 0.05) is 24.8 Å². The van der Waals surface area contributed by atoms with Gasteiger partial charge >= 0.3 is 17.9 Å². The standard InChI is InChI=1S/C34H47N3O10/c1-3-4-5-8-11-14-26(38)15-12-9-6-7-10-13-16-27(34(46,33(44)45)22-29(39)40)31(41)35-28(32(42)43)21-24-17-19-25(20-18-24)30-23(2)36-47-37-30/h13,16-20,27-28,46H,3-12,14-15,21-22H2,1-2H3,(H,35,41)(H,39,40)(H,42,43)(H,44,45)/b16-13+. The van der Waals surface area contributed by atoms with Crippen LogP contribution in [0.3, 0.4) is 0 Å². The molecular formula is C34H47N3O10. The maximum atomic E-state index is 13.3. The van der Waals surface area contributed by atoms with Crippen molar-refractivity contribution in [2.24, 2.45) is 5.92 Å². The second kappa shape index (κ2) is 20.0. The largest absolute Gasteiger partial charge is 0.481 e. The summed E-state index contributed by atoms with van der Waals surface area (Å²) < 4.78 is 4.70. The van der Waals surface area contributed by atoms with Crippen LogP contribution in [0.1, 0.15) is 102 Å². The van der Waals surface area contributed by atoms with Crippen LogP contribution in [0.25, 0.3) is 11.3 Å². The summed E-state index contributed by atoms with van der Waals surface area (Å²) in [6, 6.07) is 5.10. The van der Waals surface area contributed by atoms with Crippen LogP contribution in [0, 0.1) is 12.8 Å². The number of aliphatic hydroxyl groups is 1. The monoisotopic (exact) mass is 657 g/mol. The zero-order valence-electron chi connectivity index (χ0n) is 27.2. The van der Waals surface area contributed by atoms with Gasteiger partial charge in [0.2, 0.25) is 5.91 Å². The van der Waals surface area contributed by atoms with Crippen molar-refractivity contribution in [3.8, 4) is 11.3 Å². The number of allylic oxidation sites excluding steroid dienone is 1. The Hall–Kier alpha value is -4.39. The first kappa shape index (κ1) is 38.8. The lowest BCUT2D eigenvalue weighted by molar-refractivity contribution is -0.172. The molecule has 0 saturated heterocycles. The van der Waals surface area contributed by atoms with Crippen LogP contribution in [0.2, 0.25) is 0 Å². The van der Waals surface area contributed by atoms with E-state index < -0.39 is 47.8 Å². The first-order valence-electron chi connectivity index (χ1n) is 16.2. The molecule has 1 aromatic carbocycles. The summed E-state index contributed by atoms with van der Waals surface area (Å²) in [6.45, 7) is 3.86. The van der Waals surface area contributed by atoms with Crippen molar-refractivity contribution in [2.75, 3.05) is 0 Å². The van der Waals surface area contributed by atoms with Crippen molar-refractivity contribution >= 4 is 29.6 Å². The van der Waals surface area contributed by atoms with Crippen LogP contribution in [-0.4, -0.2) is 72.0 Å². The second-order valence-electron chi connectivity index (χ2n) is 11.9. The molecule has 3 atom stereocenters. The van der Waals surface area contributed by atoms with Crippen LogP contribution >= 0.6 is 0 Å². The molecule has 3 unspecified atom stereocenters. The number of aromatic nitrogens is 2. The highest BCUT2D eigenvalue weighted by Gasteiger charge is 2.49. The number of nitrogens with one attached hydrogen (secondary N) is 1. The van der Waals surface area contributed by atoms with Gasteiger partial charge in [-0.25, -0.2) is 14.2 Å². The van der Waals surface area contributed by atoms with Gasteiger partial charge in [0.05, 0.1) is 12.3 Å². The number of nitrogens with zero attached hydrogens (tertiary/aromatic N) is 2. The molecule has 47 heavy (non-hydrogen) atoms. The normalized spacial score (nSPS) is 13.9. The minimum absolute atomic E-state index is 0.181. The van der Waals surface area contributed by atoms with Crippen LogP contribution in [0.4, 0.5) is 0 Å². The lowest BCUT2D eigenvalue weighted by atomic mass is 9.82. The van der Waals surface area contributed by atoms with E-state index >= 15 is 0 Å². The molecule has 0 aliphatic rings. The van der Waals surface area contributed by atoms with E-state index in [1.807, 2.05) is 0 Å². The third kappa shape index (κ3) is 13.1. The Morgan fingerprint density at radius 2 is 1.51 bits per heavy atom. The smallest absolute Gasteiger partial charge is 0.337 e. The number of amides is 1. The Balaban J connectivity index is 2.01. The number of carboxylic acids is 3. The molecule has 2 aromatic rings. The third-order valence-electron chi connectivity index (χ3n) is 7.99. The van der Waals surface area contributed by atoms with Gasteiger partial charge in [-0.2, -0.15) is 0 Å². The number of unbranched alkanes of at least 4 members (excludes halogenated alkanes) is 8. The minimum Gasteiger partial charge on any atom is -0.481 e. The first-order valence-corrected chi connectivity index (χ1v) is 16.2. The van der Waals surface area contributed by atoms with Crippen molar-refractivity contribution in [2.45, 2.75) is 115 Å². The predicted octanol–water partition coefficient (Wildman–Crippen LogP) is 4.89. The topological polar surface area (TPSA) is 217 Å². The van der Waals surface area contributed by atoms with E-state index in [4.69, 9.17) is 4.63 Å². The molecule has 13 heteroatoms. The molecule has 0 radical (unpaired) electrons. The zero-order valence-corrected chi connectivity index (χ0v) is 27.2. The highest BCUT2D eigenvalue weighted by molar-refractivity contribution is 5.94. The first-order chi connectivity index (χ1) is 22.4. The average Bonchev–Trinajstić information content (AvgIpc) is 3.45. The third-order valence-corrected chi connectivity index (χ3v) is 7.99. The lowest BCUT2D eigenvalue weighted by Crippen LogP contribution is -2.55. The number of aryl methyl sites for hydroxylation is 1. The SMILES string of the molecule is CCCCCCCC(=O)CCCCCC/C=C/C(C(=O)NC(Cc1ccc(-c2nonc2C)cc1)C(=O)O)C(O)(CC(=O)O)C(=O)O. The predicted molar refractivity (Wildman–Crippen MR) is 171 cm³/mol. The molecule has 0 spiro atoms. The second-order valence-corrected chi connectivity index (χ2v) is 11.9. The van der Waals surface area contributed by atoms with E-state index in [1.165, 1.54) is 12.5 Å². The number of carbonyl (C=O) groups excluding carboxylic acids is 2. The van der Waals surface area contributed by atoms with Crippen LogP contribution in [0.15, 0.2) is 41.0 Å². The van der Waals surface area contributed by atoms with Crippen molar-refractivity contribution in [3.05, 3.63) is 47.7 Å². The molecule has 5 N–H and O–H groups in total. The number of carboxylic acid groups (broad SMARTS) is 3. The maximum Gasteiger partial charge on any atom is 0.337 e. The fraction of sp³-hybridized carbons (Fsp3) is 0.559. The summed E-state index contributed by atoms with van der Waals surface area (Å²) in [6.07, 6.45) is 11.2. The number of hydrogen-bond acceptors (Lipinski definition) is 9. The number of hydrogen-bond donors (Lipinski definition) is 5. The molecule has 0 aliphatic carbocycles. The lowest BCUT2D eigenvalue weighted by Gasteiger charge is -2.29. The number of aliphatic carboxylic acids is 3. The Morgan fingerprint density at radius 1 is 0.894 bits per heavy atom. The number of benzene rings is 1. The summed E-state index contributed by atoms with van der Waals surface area (Å²) in [4.78, 5) is 61.0. The average molecular weight is 658 g/mol. The molecule has 0 aliphatic heterocycles. The van der Waals surface area contributed by atoms with E-state index in [2.05, 4.69) is 22.6 Å². The highest BCUT2D eigenvalue weighted by atomic mass is 16.6. The Kier molecular flexibility index (Phi) is 16.5. The van der Waals surface area contributed by atoms with Gasteiger partial charge in [-0.15, -0.1) is 0 Å². The molecular weight excluding hydrogens is 610 g/mol. The highest BCUT2D eigenvalue weighted by Crippen LogP contribution is 2.26. The van der Waals surface area contributed by atoms with Gasteiger partial charge in [-0.05, 0) is 43.3 Å². The molecule has 13 nitrogen and oxygen atoms in total. The molecule has 2 rings (SSSR count). The van der Waals surface area contributed by atoms with E-state index in [0.717, 1.165) is 51.0 Å². The maximum absolute atomic E-state index is 13.3. The van der Waals surface area contributed by atoms with Crippen LogP contribution in [-0.2, 0) is 30.4 Å². The Labute approximate surface area is 274 Å². The molecule has 0 fully saturated rings. The summed E-state index contributed by atoms with van der Waals surface area (Å²) in [5, 5.41) is 49.6. The van der Waals surface area contributed by atoms with Crippen molar-refractivity contribution in [1.82, 2.24) is 15.6 Å². The van der Waals surface area contributed by atoms with E-state index in [0.29, 0.717) is 48.2 Å². The van der Waals surface area contributed by atoms with Gasteiger partial charge < -0.3 is 25.7 Å². The van der Waals surface area contributed by atoms with Crippen molar-refractivity contribution < 1.29 is 49.0 Å².